The van der Waals surface area contributed by atoms with Crippen molar-refractivity contribution in [2.75, 3.05) is 25.2 Å². The van der Waals surface area contributed by atoms with Crippen LogP contribution in [0, 0.1) is 5.92 Å². The van der Waals surface area contributed by atoms with Gasteiger partial charge in [0.2, 0.25) is 5.91 Å². The summed E-state index contributed by atoms with van der Waals surface area (Å²) in [5.41, 5.74) is 10.4. The molecule has 12 nitrogen and oxygen atoms in total. The lowest BCUT2D eigenvalue weighted by Gasteiger charge is -2.31. The molecule has 4 N–H and O–H groups in total. The number of rotatable bonds is 7. The fourth-order valence-electron chi connectivity index (χ4n) is 5.11. The highest BCUT2D eigenvalue weighted by molar-refractivity contribution is 5.95. The zero-order valence-corrected chi connectivity index (χ0v) is 22.1. The molecule has 2 amide bonds. The van der Waals surface area contributed by atoms with Crippen LogP contribution in [0.5, 0.6) is 0 Å². The van der Waals surface area contributed by atoms with Crippen molar-refractivity contribution < 1.29 is 14.3 Å². The summed E-state index contributed by atoms with van der Waals surface area (Å²) in [5, 5.41) is 8.17. The summed E-state index contributed by atoms with van der Waals surface area (Å²) < 4.78 is 6.68. The molecule has 4 heterocycles. The minimum atomic E-state index is -0.644. The van der Waals surface area contributed by atoms with Gasteiger partial charge in [-0.3, -0.25) is 20.2 Å². The molecular weight excluding hydrogens is 486 g/mol. The Kier molecular flexibility index (Phi) is 7.23. The highest BCUT2D eigenvalue weighted by atomic mass is 16.5. The summed E-state index contributed by atoms with van der Waals surface area (Å²) in [5.74, 6) is 0.665. The van der Waals surface area contributed by atoms with Gasteiger partial charge in [0.05, 0.1) is 61.5 Å². The Morgan fingerprint density at radius 2 is 2.00 bits per heavy atom. The normalized spacial score (nSPS) is 21.6. The molecule has 5 rings (SSSR count). The molecule has 3 atom stereocenters. The second-order valence-corrected chi connectivity index (χ2v) is 10.1. The summed E-state index contributed by atoms with van der Waals surface area (Å²) in [6, 6.07) is 7.58. The molecule has 0 bridgehead atoms. The second kappa shape index (κ2) is 10.7. The summed E-state index contributed by atoms with van der Waals surface area (Å²) in [4.78, 5) is 36.0. The van der Waals surface area contributed by atoms with Gasteiger partial charge in [-0.25, -0.2) is 9.78 Å². The molecular formula is C26H35N9O3. The average Bonchev–Trinajstić information content (AvgIpc) is 3.72. The molecule has 12 heteroatoms. The van der Waals surface area contributed by atoms with Gasteiger partial charge >= 0.3 is 6.09 Å². The van der Waals surface area contributed by atoms with Gasteiger partial charge in [-0.1, -0.05) is 26.0 Å². The standard InChI is InChI=1S/C26H35N9O3/c1-16(2)23(30-26(37)38-4)25(36)34-11-5-6-21(34)24-28-12-19(29-24)17-7-9-18(10-8-17)35-14-20(31-32-35)22-13-27-15-33(22)3/h7-10,13-16,19,21,23,31-32H,5-6,11-12H2,1-4H3,(H,28,29)(H,30,37)/t19?,21-,23-/m0/s1. The molecule has 1 aromatic heterocycles. The van der Waals surface area contributed by atoms with Crippen molar-refractivity contribution in [1.29, 1.82) is 0 Å². The van der Waals surface area contributed by atoms with E-state index in [0.717, 1.165) is 41.3 Å². The second-order valence-electron chi connectivity index (χ2n) is 10.1. The van der Waals surface area contributed by atoms with Crippen molar-refractivity contribution in [2.24, 2.45) is 18.0 Å². The molecule has 2 aromatic rings. The number of aryl methyl sites for hydroxylation is 1. The van der Waals surface area contributed by atoms with Crippen LogP contribution in [0.25, 0.3) is 5.70 Å². The minimum absolute atomic E-state index is 0.0379. The van der Waals surface area contributed by atoms with Crippen molar-refractivity contribution in [1.82, 2.24) is 36.0 Å². The van der Waals surface area contributed by atoms with Crippen molar-refractivity contribution in [3.63, 3.8) is 0 Å². The predicted octanol–water partition coefficient (Wildman–Crippen LogP) is 1.66. The monoisotopic (exact) mass is 521 g/mol. The first-order chi connectivity index (χ1) is 18.4. The number of nitrogens with one attached hydrogen (secondary N) is 4. The minimum Gasteiger partial charge on any atom is -0.453 e. The number of amidine groups is 1. The number of ether oxygens (including phenoxy) is 1. The van der Waals surface area contributed by atoms with Crippen LogP contribution in [0.15, 0.2) is 48.0 Å². The first-order valence-electron chi connectivity index (χ1n) is 12.9. The summed E-state index contributed by atoms with van der Waals surface area (Å²) in [6.07, 6.45) is 6.70. The van der Waals surface area contributed by atoms with Crippen LogP contribution in [-0.2, 0) is 16.6 Å². The highest BCUT2D eigenvalue weighted by Gasteiger charge is 2.39. The van der Waals surface area contributed by atoms with Crippen LogP contribution in [0.2, 0.25) is 0 Å². The Morgan fingerprint density at radius 1 is 1.21 bits per heavy atom. The van der Waals surface area contributed by atoms with E-state index in [1.54, 1.807) is 6.33 Å². The van der Waals surface area contributed by atoms with Crippen LogP contribution in [0.3, 0.4) is 0 Å². The number of hydrogen-bond donors (Lipinski definition) is 4. The third-order valence-electron chi connectivity index (χ3n) is 7.24. The van der Waals surface area contributed by atoms with Gasteiger partial charge in [0.25, 0.3) is 0 Å². The van der Waals surface area contributed by atoms with Crippen LogP contribution < -0.4 is 26.6 Å². The smallest absolute Gasteiger partial charge is 0.407 e. The number of imidazole rings is 1. The van der Waals surface area contributed by atoms with Crippen LogP contribution >= 0.6 is 0 Å². The number of carbonyl (C=O) groups is 2. The molecule has 1 aromatic carbocycles. The summed E-state index contributed by atoms with van der Waals surface area (Å²) >= 11 is 0. The third-order valence-corrected chi connectivity index (χ3v) is 7.24. The Morgan fingerprint density at radius 3 is 2.68 bits per heavy atom. The van der Waals surface area contributed by atoms with E-state index in [9.17, 15) is 9.59 Å². The Bertz CT molecular complexity index is 1240. The maximum atomic E-state index is 13.4. The lowest BCUT2D eigenvalue weighted by Crippen LogP contribution is -2.54. The Hall–Kier alpha value is -4.06. The fraction of sp³-hybridized carbons (Fsp3) is 0.462. The molecule has 3 aliphatic heterocycles. The van der Waals surface area contributed by atoms with Gasteiger partial charge in [-0.2, -0.15) is 0 Å². The third kappa shape index (κ3) is 5.03. The number of benzene rings is 1. The molecule has 1 saturated heterocycles. The zero-order chi connectivity index (χ0) is 26.8. The highest BCUT2D eigenvalue weighted by Crippen LogP contribution is 2.27. The molecule has 0 saturated carbocycles. The molecule has 0 radical (unpaired) electrons. The van der Waals surface area contributed by atoms with Crippen LogP contribution in [-0.4, -0.2) is 64.6 Å². The van der Waals surface area contributed by atoms with Gasteiger partial charge in [0.1, 0.15) is 11.9 Å². The lowest BCUT2D eigenvalue weighted by molar-refractivity contribution is -0.134. The van der Waals surface area contributed by atoms with E-state index < -0.39 is 12.1 Å². The van der Waals surface area contributed by atoms with Crippen molar-refractivity contribution >= 4 is 29.2 Å². The molecule has 38 heavy (non-hydrogen) atoms. The number of nitrogens with zero attached hydrogens (tertiary/aromatic N) is 5. The van der Waals surface area contributed by atoms with Crippen molar-refractivity contribution in [3.05, 3.63) is 54.2 Å². The van der Waals surface area contributed by atoms with E-state index in [2.05, 4.69) is 50.8 Å². The first kappa shape index (κ1) is 25.6. The van der Waals surface area contributed by atoms with E-state index in [1.165, 1.54) is 7.11 Å². The van der Waals surface area contributed by atoms with E-state index in [4.69, 9.17) is 9.73 Å². The summed E-state index contributed by atoms with van der Waals surface area (Å²) in [6.45, 7) is 5.08. The molecule has 1 unspecified atom stereocenters. The number of alkyl carbamates (subject to hydrolysis) is 1. The van der Waals surface area contributed by atoms with E-state index >= 15 is 0 Å². The maximum Gasteiger partial charge on any atom is 0.407 e. The summed E-state index contributed by atoms with van der Waals surface area (Å²) in [7, 11) is 3.25. The number of hydrazine groups is 2. The van der Waals surface area contributed by atoms with Crippen LogP contribution in [0.1, 0.15) is 44.0 Å². The van der Waals surface area contributed by atoms with Crippen molar-refractivity contribution in [2.45, 2.75) is 44.8 Å². The number of aromatic nitrogens is 2. The van der Waals surface area contributed by atoms with Gasteiger partial charge in [-0.05, 0) is 36.5 Å². The largest absolute Gasteiger partial charge is 0.453 e. The number of anilines is 1. The molecule has 0 aliphatic carbocycles. The Labute approximate surface area is 222 Å². The molecule has 3 aliphatic rings. The average molecular weight is 522 g/mol. The lowest BCUT2D eigenvalue weighted by atomic mass is 10.0. The molecule has 1 fully saturated rings. The number of carbonyl (C=O) groups excluding carboxylic acids is 2. The van der Waals surface area contributed by atoms with Crippen LogP contribution in [0.4, 0.5) is 10.5 Å². The number of hydrogen-bond acceptors (Lipinski definition) is 9. The molecule has 0 spiro atoms. The first-order valence-corrected chi connectivity index (χ1v) is 12.9. The van der Waals surface area contributed by atoms with Gasteiger partial charge in [0.15, 0.2) is 0 Å². The Balaban J connectivity index is 1.22. The van der Waals surface area contributed by atoms with Crippen molar-refractivity contribution in [3.8, 4) is 0 Å². The fourth-order valence-corrected chi connectivity index (χ4v) is 5.11. The SMILES string of the molecule is COC(=O)N[C@H](C(=O)N1CCC[C@H]1C1=NCC(c2ccc(N3C=C(c4cncn4C)NN3)cc2)N1)C(C)C. The van der Waals surface area contributed by atoms with E-state index in [1.807, 2.05) is 47.8 Å². The van der Waals surface area contributed by atoms with Gasteiger partial charge in [0, 0.05) is 13.6 Å². The topological polar surface area (TPSA) is 128 Å². The number of amides is 2. The number of aliphatic imine (C=N–C) groups is 1. The molecule has 202 valence electrons. The van der Waals surface area contributed by atoms with Gasteiger partial charge < -0.3 is 24.8 Å². The van der Waals surface area contributed by atoms with E-state index in [0.29, 0.717) is 13.1 Å². The quantitative estimate of drug-likeness (QED) is 0.433. The van der Waals surface area contributed by atoms with E-state index in [-0.39, 0.29) is 23.9 Å². The number of likely N-dealkylation sites (tertiary alicyclic amines) is 1. The maximum absolute atomic E-state index is 13.4. The van der Waals surface area contributed by atoms with Gasteiger partial charge in [-0.15, -0.1) is 5.53 Å². The number of methoxy groups -OCH3 is 1. The zero-order valence-electron chi connectivity index (χ0n) is 22.1. The predicted molar refractivity (Wildman–Crippen MR) is 143 cm³/mol.